The summed E-state index contributed by atoms with van der Waals surface area (Å²) < 4.78 is 0. The third kappa shape index (κ3) is 7.95. The first-order chi connectivity index (χ1) is 24.2. The zero-order valence-electron chi connectivity index (χ0n) is 28.2. The number of anilines is 1. The van der Waals surface area contributed by atoms with Crippen molar-refractivity contribution in [2.24, 2.45) is 28.5 Å². The fourth-order valence-corrected chi connectivity index (χ4v) is 7.93. The van der Waals surface area contributed by atoms with Gasteiger partial charge in [0.25, 0.3) is 5.91 Å². The van der Waals surface area contributed by atoms with Crippen LogP contribution < -0.4 is 16.0 Å². The Kier molecular flexibility index (Phi) is 11.4. The predicted molar refractivity (Wildman–Crippen MR) is 201 cm³/mol. The van der Waals surface area contributed by atoms with Gasteiger partial charge in [-0.2, -0.15) is 0 Å². The number of para-hydroxylation sites is 1. The Bertz CT molecular complexity index is 1890. The predicted octanol–water partition coefficient (Wildman–Crippen LogP) is 8.59. The lowest BCUT2D eigenvalue weighted by atomic mass is 9.80. The average Bonchev–Trinajstić information content (AvgIpc) is 3.60. The summed E-state index contributed by atoms with van der Waals surface area (Å²) in [5.74, 6) is -2.18. The smallest absolute Gasteiger partial charge is 0.272 e. The van der Waals surface area contributed by atoms with Crippen molar-refractivity contribution >= 4 is 52.3 Å². The number of benzodiazepines with no additional fused rings is 1. The zero-order chi connectivity index (χ0) is 35.2. The molecule has 0 spiro atoms. The molecule has 2 aliphatic rings. The molecule has 0 saturated heterocycles. The van der Waals surface area contributed by atoms with Gasteiger partial charge in [-0.05, 0) is 54.2 Å². The van der Waals surface area contributed by atoms with Crippen molar-refractivity contribution in [2.75, 3.05) is 4.90 Å². The molecule has 3 atom stereocenters. The maximum atomic E-state index is 14.7. The van der Waals surface area contributed by atoms with Crippen molar-refractivity contribution in [3.8, 4) is 11.1 Å². The van der Waals surface area contributed by atoms with Gasteiger partial charge in [0.15, 0.2) is 0 Å². The van der Waals surface area contributed by atoms with Gasteiger partial charge in [-0.3, -0.25) is 14.4 Å². The number of rotatable bonds is 12. The van der Waals surface area contributed by atoms with Gasteiger partial charge in [-0.15, -0.1) is 0 Å². The highest BCUT2D eigenvalue weighted by molar-refractivity contribution is 6.36. The van der Waals surface area contributed by atoms with E-state index in [-0.39, 0.29) is 18.4 Å². The Morgan fingerprint density at radius 2 is 1.60 bits per heavy atom. The van der Waals surface area contributed by atoms with Gasteiger partial charge in [0.05, 0.1) is 17.9 Å². The molecule has 0 radical (unpaired) electrons. The molecule has 0 aromatic heterocycles. The van der Waals surface area contributed by atoms with Crippen LogP contribution in [-0.4, -0.2) is 29.6 Å². The maximum absolute atomic E-state index is 14.7. The summed E-state index contributed by atoms with van der Waals surface area (Å²) in [6.45, 7) is 2.20. The summed E-state index contributed by atoms with van der Waals surface area (Å²) in [4.78, 5) is 48.5. The number of carbonyl (C=O) groups is 3. The summed E-state index contributed by atoms with van der Waals surface area (Å²) >= 11 is 12.7. The lowest BCUT2D eigenvalue weighted by Gasteiger charge is -2.29. The number of hydrogen-bond donors (Lipinski definition) is 2. The fourth-order valence-electron chi connectivity index (χ4n) is 7.41. The van der Waals surface area contributed by atoms with E-state index in [0.29, 0.717) is 46.6 Å². The summed E-state index contributed by atoms with van der Waals surface area (Å²) in [5, 5.41) is 4.10. The molecular weight excluding hydrogens is 667 g/mol. The molecular formula is C41H42Cl2N4O3. The summed E-state index contributed by atoms with van der Waals surface area (Å²) in [6, 6.07) is 30.6. The van der Waals surface area contributed by atoms with E-state index < -0.39 is 23.9 Å². The molecule has 1 aliphatic heterocycles. The average molecular weight is 710 g/mol. The fraction of sp³-hybridized carbons (Fsp3) is 0.317. The number of halogens is 2. The van der Waals surface area contributed by atoms with Gasteiger partial charge >= 0.3 is 0 Å². The third-order valence-corrected chi connectivity index (χ3v) is 10.4. The summed E-state index contributed by atoms with van der Waals surface area (Å²) in [7, 11) is 0. The van der Waals surface area contributed by atoms with Crippen molar-refractivity contribution < 1.29 is 14.4 Å². The normalized spacial score (nSPS) is 17.4. The first-order valence-electron chi connectivity index (χ1n) is 17.4. The molecule has 3 amide bonds. The van der Waals surface area contributed by atoms with Crippen molar-refractivity contribution in [1.82, 2.24) is 5.32 Å². The second kappa shape index (κ2) is 16.0. The molecule has 0 bridgehead atoms. The lowest BCUT2D eigenvalue weighted by molar-refractivity contribution is -0.136. The minimum atomic E-state index is -1.24. The number of nitrogens with zero attached hydrogens (tertiary/aromatic N) is 2. The van der Waals surface area contributed by atoms with E-state index >= 15 is 0 Å². The highest BCUT2D eigenvalue weighted by atomic mass is 35.5. The molecule has 1 saturated carbocycles. The van der Waals surface area contributed by atoms with E-state index in [1.807, 2.05) is 91.9 Å². The molecule has 6 rings (SSSR count). The Balaban J connectivity index is 1.40. The third-order valence-electron chi connectivity index (χ3n) is 9.89. The van der Waals surface area contributed by atoms with Gasteiger partial charge in [-0.1, -0.05) is 135 Å². The van der Waals surface area contributed by atoms with Crippen LogP contribution in [0.3, 0.4) is 0 Å². The van der Waals surface area contributed by atoms with Crippen LogP contribution in [0, 0.1) is 17.8 Å². The number of primary amides is 1. The van der Waals surface area contributed by atoms with Crippen molar-refractivity contribution in [3.05, 3.63) is 124 Å². The number of amides is 3. The Labute approximate surface area is 303 Å². The van der Waals surface area contributed by atoms with Crippen LogP contribution in [0.15, 0.2) is 102 Å². The largest absolute Gasteiger partial charge is 0.369 e. The minimum Gasteiger partial charge on any atom is -0.369 e. The number of fused-ring (bicyclic) bond motifs is 1. The zero-order valence-corrected chi connectivity index (χ0v) is 29.7. The first kappa shape index (κ1) is 35.4. The minimum absolute atomic E-state index is 0.212. The number of aliphatic imine (C=N–C) groups is 1. The van der Waals surface area contributed by atoms with Crippen molar-refractivity contribution in [1.29, 1.82) is 0 Å². The first-order valence-corrected chi connectivity index (χ1v) is 18.2. The molecule has 1 fully saturated rings. The summed E-state index contributed by atoms with van der Waals surface area (Å²) in [6.07, 6.45) is 4.79. The monoisotopic (exact) mass is 708 g/mol. The van der Waals surface area contributed by atoms with Crippen LogP contribution >= 0.6 is 23.2 Å². The van der Waals surface area contributed by atoms with E-state index in [1.54, 1.807) is 17.0 Å². The van der Waals surface area contributed by atoms with Crippen LogP contribution in [0.2, 0.25) is 10.0 Å². The van der Waals surface area contributed by atoms with Gasteiger partial charge in [-0.25, -0.2) is 4.99 Å². The molecule has 4 aromatic rings. The van der Waals surface area contributed by atoms with Gasteiger partial charge < -0.3 is 16.0 Å². The van der Waals surface area contributed by atoms with E-state index in [2.05, 4.69) is 5.32 Å². The number of nitrogens with one attached hydrogen (secondary N) is 1. The van der Waals surface area contributed by atoms with E-state index in [4.69, 9.17) is 33.9 Å². The molecule has 7 nitrogen and oxygen atoms in total. The quantitative estimate of drug-likeness (QED) is 0.154. The van der Waals surface area contributed by atoms with Crippen LogP contribution in [0.1, 0.15) is 68.6 Å². The summed E-state index contributed by atoms with van der Waals surface area (Å²) in [5.41, 5.74) is 11.3. The van der Waals surface area contributed by atoms with E-state index in [1.165, 1.54) is 0 Å². The molecule has 1 aliphatic carbocycles. The standard InChI is InChI=1S/C41H42Cl2N4O3/c1-2-11-32(38(44)48)34(23-26-12-6-7-13-26)40(49)46-39-41(50)47(25-27-14-10-17-29(22-27)31-21-20-30(42)24-35(31)43)36-19-9-8-18-33(36)37(45-39)28-15-4-3-5-16-28/h3-5,8-10,14-22,24,26,32,34,39H,2,6-7,11-13,23,25H2,1H3,(H2,44,48)(H,46,49)/t32-,34+,39?/m0/s1. The number of carbonyl (C=O) groups excluding carboxylic acids is 3. The van der Waals surface area contributed by atoms with Crippen LogP contribution in [0.25, 0.3) is 11.1 Å². The highest BCUT2D eigenvalue weighted by Crippen LogP contribution is 2.36. The molecule has 9 heteroatoms. The Hall–Kier alpha value is -4.46. The molecule has 1 heterocycles. The maximum Gasteiger partial charge on any atom is 0.272 e. The number of benzene rings is 4. The molecule has 1 unspecified atom stereocenters. The Morgan fingerprint density at radius 1 is 0.880 bits per heavy atom. The van der Waals surface area contributed by atoms with Gasteiger partial charge in [0.2, 0.25) is 18.0 Å². The van der Waals surface area contributed by atoms with Crippen LogP contribution in [0.4, 0.5) is 5.69 Å². The van der Waals surface area contributed by atoms with Crippen molar-refractivity contribution in [2.45, 2.75) is 64.6 Å². The van der Waals surface area contributed by atoms with Crippen molar-refractivity contribution in [3.63, 3.8) is 0 Å². The van der Waals surface area contributed by atoms with E-state index in [9.17, 15) is 14.4 Å². The molecule has 4 aromatic carbocycles. The second-order valence-corrected chi connectivity index (χ2v) is 14.2. The highest BCUT2D eigenvalue weighted by Gasteiger charge is 2.39. The Morgan fingerprint density at radius 3 is 2.32 bits per heavy atom. The van der Waals surface area contributed by atoms with E-state index in [0.717, 1.165) is 53.5 Å². The molecule has 258 valence electrons. The lowest BCUT2D eigenvalue weighted by Crippen LogP contribution is -2.50. The molecule has 3 N–H and O–H groups in total. The SMILES string of the molecule is CCC[C@H](C(N)=O)[C@@H](CC1CCCC1)C(=O)NC1N=C(c2ccccc2)c2ccccc2N(Cc2cccc(-c3ccc(Cl)cc3Cl)c2)C1=O. The topological polar surface area (TPSA) is 105 Å². The second-order valence-electron chi connectivity index (χ2n) is 13.3. The molecule has 50 heavy (non-hydrogen) atoms. The number of nitrogens with two attached hydrogens (primary N) is 1. The van der Waals surface area contributed by atoms with Gasteiger partial charge in [0.1, 0.15) is 0 Å². The van der Waals surface area contributed by atoms with Crippen LogP contribution in [0.5, 0.6) is 0 Å². The number of hydrogen-bond acceptors (Lipinski definition) is 4. The van der Waals surface area contributed by atoms with Crippen LogP contribution in [-0.2, 0) is 20.9 Å². The van der Waals surface area contributed by atoms with Gasteiger partial charge in [0, 0.05) is 38.6 Å².